The summed E-state index contributed by atoms with van der Waals surface area (Å²) in [5.74, 6) is 5.36. The van der Waals surface area contributed by atoms with E-state index in [0.29, 0.717) is 0 Å². The summed E-state index contributed by atoms with van der Waals surface area (Å²) >= 11 is 0. The zero-order chi connectivity index (χ0) is 18.4. The van der Waals surface area contributed by atoms with Gasteiger partial charge in [0.25, 0.3) is 0 Å². The normalized spacial score (nSPS) is 38.2. The molecule has 3 aliphatic rings. The van der Waals surface area contributed by atoms with Gasteiger partial charge in [0.1, 0.15) is 0 Å². The van der Waals surface area contributed by atoms with Crippen LogP contribution >= 0.6 is 0 Å². The van der Waals surface area contributed by atoms with Gasteiger partial charge < -0.3 is 0 Å². The zero-order valence-corrected chi connectivity index (χ0v) is 18.4. The third-order valence-electron chi connectivity index (χ3n) is 9.22. The van der Waals surface area contributed by atoms with Crippen molar-refractivity contribution in [3.8, 4) is 0 Å². The Morgan fingerprint density at radius 1 is 0.769 bits per heavy atom. The summed E-state index contributed by atoms with van der Waals surface area (Å²) < 4.78 is 0. The molecule has 0 aliphatic heterocycles. The van der Waals surface area contributed by atoms with Crippen molar-refractivity contribution >= 4 is 0 Å². The maximum Gasteiger partial charge on any atom is -0.0269 e. The molecule has 152 valence electrons. The number of hydrogen-bond donors (Lipinski definition) is 0. The van der Waals surface area contributed by atoms with Crippen LogP contribution in [0.3, 0.4) is 0 Å². The maximum absolute atomic E-state index is 2.51. The molecule has 0 aromatic rings. The first kappa shape index (κ1) is 20.7. The van der Waals surface area contributed by atoms with Gasteiger partial charge >= 0.3 is 0 Å². The summed E-state index contributed by atoms with van der Waals surface area (Å²) in [7, 11) is 0. The first-order valence-electron chi connectivity index (χ1n) is 12.7. The molecule has 26 heavy (non-hydrogen) atoms. The molecule has 3 rings (SSSR count). The third kappa shape index (κ3) is 4.70. The monoisotopic (exact) mass is 360 g/mol. The lowest BCUT2D eigenvalue weighted by atomic mass is 9.55. The molecule has 3 saturated carbocycles. The molecule has 0 radical (unpaired) electrons. The second-order valence-electron chi connectivity index (χ2n) is 10.6. The van der Waals surface area contributed by atoms with Gasteiger partial charge in [0.2, 0.25) is 0 Å². The van der Waals surface area contributed by atoms with Crippen molar-refractivity contribution in [3.05, 3.63) is 0 Å². The molecule has 0 aromatic heterocycles. The van der Waals surface area contributed by atoms with Gasteiger partial charge in [-0.25, -0.2) is 0 Å². The summed E-state index contributed by atoms with van der Waals surface area (Å²) in [5, 5.41) is 0. The average Bonchev–Trinajstić information content (AvgIpc) is 2.69. The van der Waals surface area contributed by atoms with Crippen molar-refractivity contribution in [2.45, 2.75) is 130 Å². The number of hydrogen-bond acceptors (Lipinski definition) is 0. The van der Waals surface area contributed by atoms with Crippen LogP contribution in [-0.2, 0) is 0 Å². The van der Waals surface area contributed by atoms with Gasteiger partial charge in [-0.3, -0.25) is 0 Å². The maximum atomic E-state index is 2.51. The van der Waals surface area contributed by atoms with Crippen LogP contribution in [0.25, 0.3) is 0 Å². The van der Waals surface area contributed by atoms with Gasteiger partial charge in [-0.1, -0.05) is 78.6 Å². The Bertz CT molecular complexity index is 377. The van der Waals surface area contributed by atoms with Crippen molar-refractivity contribution in [2.75, 3.05) is 0 Å². The minimum Gasteiger partial charge on any atom is -0.0654 e. The molecule has 0 heterocycles. The highest BCUT2D eigenvalue weighted by atomic mass is 14.5. The average molecular weight is 361 g/mol. The van der Waals surface area contributed by atoms with Gasteiger partial charge in [-0.15, -0.1) is 0 Å². The minimum atomic E-state index is 0.754. The number of rotatable bonds is 7. The van der Waals surface area contributed by atoms with Crippen LogP contribution in [0.5, 0.6) is 0 Å². The van der Waals surface area contributed by atoms with Crippen molar-refractivity contribution in [2.24, 2.45) is 35.0 Å². The molecule has 0 saturated heterocycles. The smallest absolute Gasteiger partial charge is 0.0269 e. The molecule has 0 spiro atoms. The first-order chi connectivity index (χ1) is 12.7. The van der Waals surface area contributed by atoms with E-state index >= 15 is 0 Å². The lowest BCUT2D eigenvalue weighted by molar-refractivity contribution is -0.000205. The fourth-order valence-electron chi connectivity index (χ4n) is 7.86. The lowest BCUT2D eigenvalue weighted by Gasteiger charge is -2.51. The first-order valence-corrected chi connectivity index (χ1v) is 12.7. The van der Waals surface area contributed by atoms with E-state index in [4.69, 9.17) is 0 Å². The fourth-order valence-corrected chi connectivity index (χ4v) is 7.86. The molecule has 0 unspecified atom stereocenters. The summed E-state index contributed by atoms with van der Waals surface area (Å²) in [4.78, 5) is 0. The van der Waals surface area contributed by atoms with Crippen LogP contribution in [0.4, 0.5) is 0 Å². The largest absolute Gasteiger partial charge is 0.0654 e. The highest BCUT2D eigenvalue weighted by Gasteiger charge is 2.44. The van der Waals surface area contributed by atoms with Gasteiger partial charge in [0, 0.05) is 0 Å². The van der Waals surface area contributed by atoms with Gasteiger partial charge in [-0.05, 0) is 86.4 Å². The second-order valence-corrected chi connectivity index (χ2v) is 10.6. The summed E-state index contributed by atoms with van der Waals surface area (Å²) in [6.45, 7) is 7.32. The Balaban J connectivity index is 1.60. The molecule has 0 aromatic carbocycles. The Hall–Kier alpha value is 0. The third-order valence-corrected chi connectivity index (χ3v) is 9.22. The lowest BCUT2D eigenvalue weighted by Crippen LogP contribution is -2.40. The Labute approximate surface area is 165 Å². The van der Waals surface area contributed by atoms with Crippen molar-refractivity contribution in [1.82, 2.24) is 0 Å². The van der Waals surface area contributed by atoms with Gasteiger partial charge in [0.15, 0.2) is 0 Å². The molecule has 3 fully saturated rings. The molecular weight excluding hydrogens is 312 g/mol. The molecular formula is C26H48. The van der Waals surface area contributed by atoms with Crippen LogP contribution in [0.1, 0.15) is 130 Å². The minimum absolute atomic E-state index is 0.754. The molecule has 0 nitrogen and oxygen atoms in total. The molecule has 3 aliphatic carbocycles. The standard InChI is InChI=1S/C26H48/c1-4-10-21-11-13-23(14-12-21)25-16-15-24(20-22(25)6-3)26(17-5-2)18-8-7-9-19-26/h21-25H,4-20H2,1-3H3/t21?,22-,23?,24-,25-/m1/s1. The SMILES string of the molecule is CCCC1CCC([C@@H]2CC[C@@H](C3(CCC)CCCCC3)C[C@H]2CC)CC1. The highest BCUT2D eigenvalue weighted by Crippen LogP contribution is 2.55. The van der Waals surface area contributed by atoms with E-state index in [9.17, 15) is 0 Å². The Kier molecular flexibility index (Phi) is 7.95. The Morgan fingerprint density at radius 3 is 2.12 bits per heavy atom. The summed E-state index contributed by atoms with van der Waals surface area (Å²) in [5.41, 5.74) is 0.754. The van der Waals surface area contributed by atoms with E-state index in [1.54, 1.807) is 57.8 Å². The van der Waals surface area contributed by atoms with E-state index in [1.165, 1.54) is 51.4 Å². The Morgan fingerprint density at radius 2 is 1.50 bits per heavy atom. The quantitative estimate of drug-likeness (QED) is 0.425. The topological polar surface area (TPSA) is 0 Å². The molecule has 0 N–H and O–H groups in total. The molecule has 0 heteroatoms. The van der Waals surface area contributed by atoms with Crippen LogP contribution in [0, 0.1) is 35.0 Å². The summed E-state index contributed by atoms with van der Waals surface area (Å²) in [6, 6.07) is 0. The molecule has 3 atom stereocenters. The second kappa shape index (κ2) is 9.97. The molecule has 0 bridgehead atoms. The van der Waals surface area contributed by atoms with Crippen LogP contribution in [0.2, 0.25) is 0 Å². The zero-order valence-electron chi connectivity index (χ0n) is 18.4. The van der Waals surface area contributed by atoms with Crippen molar-refractivity contribution < 1.29 is 0 Å². The highest BCUT2D eigenvalue weighted by molar-refractivity contribution is 4.95. The van der Waals surface area contributed by atoms with Crippen molar-refractivity contribution in [3.63, 3.8) is 0 Å². The summed E-state index contributed by atoms with van der Waals surface area (Å²) in [6.07, 6.45) is 26.0. The van der Waals surface area contributed by atoms with Crippen LogP contribution < -0.4 is 0 Å². The predicted molar refractivity (Wildman–Crippen MR) is 115 cm³/mol. The van der Waals surface area contributed by atoms with Crippen LogP contribution in [-0.4, -0.2) is 0 Å². The van der Waals surface area contributed by atoms with E-state index in [-0.39, 0.29) is 0 Å². The van der Waals surface area contributed by atoms with Gasteiger partial charge in [-0.2, -0.15) is 0 Å². The fraction of sp³-hybridized carbons (Fsp3) is 1.00. The van der Waals surface area contributed by atoms with E-state index in [1.807, 2.05) is 0 Å². The van der Waals surface area contributed by atoms with Crippen LogP contribution in [0.15, 0.2) is 0 Å². The van der Waals surface area contributed by atoms with E-state index < -0.39 is 0 Å². The predicted octanol–water partition coefficient (Wildman–Crippen LogP) is 8.79. The van der Waals surface area contributed by atoms with E-state index in [0.717, 1.165) is 35.0 Å². The van der Waals surface area contributed by atoms with E-state index in [2.05, 4.69) is 20.8 Å². The molecule has 0 amide bonds. The van der Waals surface area contributed by atoms with Gasteiger partial charge in [0.05, 0.1) is 0 Å². The van der Waals surface area contributed by atoms with Crippen molar-refractivity contribution in [1.29, 1.82) is 0 Å².